The average Bonchev–Trinajstić information content (AvgIpc) is 2.45. The van der Waals surface area contributed by atoms with Crippen molar-refractivity contribution >= 4 is 41.9 Å². The number of nitrogens with one attached hydrogen (secondary N) is 1. The summed E-state index contributed by atoms with van der Waals surface area (Å²) in [6.07, 6.45) is 0. The minimum absolute atomic E-state index is 0.132. The van der Waals surface area contributed by atoms with Gasteiger partial charge in [0, 0.05) is 0 Å². The Bertz CT molecular complexity index is 525. The SMILES string of the molecule is Cc1[nH]c2ccc(Cl)cc2c1[Se]C#N. The number of halogens is 1. The third-order valence-electron chi connectivity index (χ3n) is 2.04. The molecule has 1 aromatic carbocycles. The van der Waals surface area contributed by atoms with Crippen LogP contribution in [-0.2, 0) is 0 Å². The van der Waals surface area contributed by atoms with E-state index in [1.807, 2.05) is 25.1 Å². The molecule has 0 aliphatic carbocycles. The monoisotopic (exact) mass is 270 g/mol. The third kappa shape index (κ3) is 1.53. The van der Waals surface area contributed by atoms with Gasteiger partial charge in [0.1, 0.15) is 0 Å². The fourth-order valence-electron chi connectivity index (χ4n) is 1.45. The van der Waals surface area contributed by atoms with Crippen molar-refractivity contribution in [2.45, 2.75) is 6.92 Å². The Kier molecular flexibility index (Phi) is 2.52. The van der Waals surface area contributed by atoms with Crippen molar-refractivity contribution in [1.82, 2.24) is 4.98 Å². The van der Waals surface area contributed by atoms with Crippen LogP contribution in [0.25, 0.3) is 10.9 Å². The summed E-state index contributed by atoms with van der Waals surface area (Å²) in [6, 6.07) is 5.71. The van der Waals surface area contributed by atoms with E-state index in [1.165, 1.54) is 0 Å². The number of fused-ring (bicyclic) bond motifs is 1. The number of rotatable bonds is 1. The van der Waals surface area contributed by atoms with Crippen LogP contribution >= 0.6 is 11.6 Å². The second kappa shape index (κ2) is 3.67. The fraction of sp³-hybridized carbons (Fsp3) is 0.100. The van der Waals surface area contributed by atoms with Crippen molar-refractivity contribution in [3.05, 3.63) is 28.9 Å². The number of aromatic nitrogens is 1. The van der Waals surface area contributed by atoms with Gasteiger partial charge >= 0.3 is 93.0 Å². The Morgan fingerprint density at radius 1 is 1.50 bits per heavy atom. The van der Waals surface area contributed by atoms with Crippen LogP contribution in [0.5, 0.6) is 0 Å². The van der Waals surface area contributed by atoms with E-state index in [-0.39, 0.29) is 15.0 Å². The molecule has 2 aromatic rings. The van der Waals surface area contributed by atoms with Crippen LogP contribution in [0.2, 0.25) is 5.02 Å². The molecular formula is C10H7ClN2Se. The molecule has 0 radical (unpaired) electrons. The van der Waals surface area contributed by atoms with Gasteiger partial charge in [0.15, 0.2) is 0 Å². The summed E-state index contributed by atoms with van der Waals surface area (Å²) in [5.74, 6) is 0. The topological polar surface area (TPSA) is 39.6 Å². The van der Waals surface area contributed by atoms with Crippen molar-refractivity contribution in [2.24, 2.45) is 0 Å². The molecule has 0 aliphatic rings. The van der Waals surface area contributed by atoms with Gasteiger partial charge in [-0.05, 0) is 0 Å². The molecule has 2 rings (SSSR count). The second-order valence-electron chi connectivity index (χ2n) is 2.96. The van der Waals surface area contributed by atoms with E-state index >= 15 is 0 Å². The van der Waals surface area contributed by atoms with Crippen molar-refractivity contribution in [3.8, 4) is 4.97 Å². The quantitative estimate of drug-likeness (QED) is 0.790. The molecule has 0 spiro atoms. The number of aryl methyl sites for hydroxylation is 1. The van der Waals surface area contributed by atoms with Crippen LogP contribution < -0.4 is 4.46 Å². The molecule has 0 aliphatic heterocycles. The minimum atomic E-state index is -0.132. The molecule has 0 saturated carbocycles. The van der Waals surface area contributed by atoms with Crippen molar-refractivity contribution in [2.75, 3.05) is 0 Å². The van der Waals surface area contributed by atoms with Crippen LogP contribution in [0.3, 0.4) is 0 Å². The standard InChI is InChI=1S/C10H7ClN2Se/c1-6-10(14-5-12)8-4-7(11)2-3-9(8)13-6/h2-4,13H,1H3. The normalized spacial score (nSPS) is 10.4. The maximum atomic E-state index is 8.72. The Balaban J connectivity index is 2.74. The molecular weight excluding hydrogens is 263 g/mol. The fourth-order valence-corrected chi connectivity index (χ4v) is 2.83. The van der Waals surface area contributed by atoms with Gasteiger partial charge in [0.05, 0.1) is 0 Å². The first-order valence-electron chi connectivity index (χ1n) is 4.06. The molecule has 1 N–H and O–H groups in total. The number of hydrogen-bond donors (Lipinski definition) is 1. The molecule has 1 aromatic heterocycles. The molecule has 0 unspecified atom stereocenters. The van der Waals surface area contributed by atoms with E-state index < -0.39 is 0 Å². The number of benzene rings is 1. The summed E-state index contributed by atoms with van der Waals surface area (Å²) in [4.78, 5) is 5.47. The molecule has 70 valence electrons. The second-order valence-corrected chi connectivity index (χ2v) is 5.07. The number of hydrogen-bond acceptors (Lipinski definition) is 1. The average molecular weight is 270 g/mol. The van der Waals surface area contributed by atoms with Gasteiger partial charge in [-0.15, -0.1) is 0 Å². The molecule has 0 amide bonds. The molecule has 0 saturated heterocycles. The predicted molar refractivity (Wildman–Crippen MR) is 59.0 cm³/mol. The summed E-state index contributed by atoms with van der Waals surface area (Å²) in [5, 5.41) is 10.5. The molecule has 4 heteroatoms. The van der Waals surface area contributed by atoms with Gasteiger partial charge in [-0.1, -0.05) is 0 Å². The van der Waals surface area contributed by atoms with Gasteiger partial charge in [-0.2, -0.15) is 0 Å². The summed E-state index contributed by atoms with van der Waals surface area (Å²) in [5.41, 5.74) is 2.13. The van der Waals surface area contributed by atoms with Crippen molar-refractivity contribution in [3.63, 3.8) is 0 Å². The summed E-state index contributed by atoms with van der Waals surface area (Å²) >= 11 is 5.78. The summed E-state index contributed by atoms with van der Waals surface area (Å²) < 4.78 is 1.11. The molecule has 0 atom stereocenters. The van der Waals surface area contributed by atoms with Crippen LogP contribution in [0.15, 0.2) is 18.2 Å². The van der Waals surface area contributed by atoms with Gasteiger partial charge < -0.3 is 0 Å². The van der Waals surface area contributed by atoms with Gasteiger partial charge in [-0.3, -0.25) is 0 Å². The number of aromatic amines is 1. The molecule has 0 bridgehead atoms. The molecule has 14 heavy (non-hydrogen) atoms. The zero-order chi connectivity index (χ0) is 10.1. The molecule has 1 heterocycles. The third-order valence-corrected chi connectivity index (χ3v) is 4.00. The first-order chi connectivity index (χ1) is 6.72. The van der Waals surface area contributed by atoms with Crippen molar-refractivity contribution < 1.29 is 0 Å². The van der Waals surface area contributed by atoms with E-state index in [2.05, 4.69) is 9.95 Å². The van der Waals surface area contributed by atoms with E-state index in [0.29, 0.717) is 5.02 Å². The van der Waals surface area contributed by atoms with Crippen LogP contribution in [-0.4, -0.2) is 19.9 Å². The zero-order valence-electron chi connectivity index (χ0n) is 7.47. The number of nitriles is 1. The van der Waals surface area contributed by atoms with E-state index in [4.69, 9.17) is 16.9 Å². The Morgan fingerprint density at radius 3 is 3.00 bits per heavy atom. The molecule has 2 nitrogen and oxygen atoms in total. The number of nitrogens with zero attached hydrogens (tertiary/aromatic N) is 1. The predicted octanol–water partition coefficient (Wildman–Crippen LogP) is 1.94. The van der Waals surface area contributed by atoms with Crippen LogP contribution in [0.4, 0.5) is 0 Å². The van der Waals surface area contributed by atoms with Crippen LogP contribution in [0.1, 0.15) is 5.69 Å². The Hall–Kier alpha value is -0.941. The van der Waals surface area contributed by atoms with E-state index in [9.17, 15) is 0 Å². The van der Waals surface area contributed by atoms with Gasteiger partial charge in [0.25, 0.3) is 0 Å². The molecule has 0 fully saturated rings. The maximum absolute atomic E-state index is 8.72. The Labute approximate surface area is 93.0 Å². The summed E-state index contributed by atoms with van der Waals surface area (Å²) in [6.45, 7) is 1.99. The summed E-state index contributed by atoms with van der Waals surface area (Å²) in [7, 11) is 0. The van der Waals surface area contributed by atoms with Crippen LogP contribution in [0, 0.1) is 17.2 Å². The number of H-pyrrole nitrogens is 1. The first kappa shape index (κ1) is 9.61. The zero-order valence-corrected chi connectivity index (χ0v) is 9.93. The van der Waals surface area contributed by atoms with Gasteiger partial charge in [0.2, 0.25) is 0 Å². The van der Waals surface area contributed by atoms with Crippen molar-refractivity contribution in [1.29, 1.82) is 5.26 Å². The van der Waals surface area contributed by atoms with Gasteiger partial charge in [-0.25, -0.2) is 0 Å². The first-order valence-corrected chi connectivity index (χ1v) is 6.15. The van der Waals surface area contributed by atoms with E-state index in [0.717, 1.165) is 21.1 Å². The van der Waals surface area contributed by atoms with E-state index in [1.54, 1.807) is 0 Å². The Morgan fingerprint density at radius 2 is 2.29 bits per heavy atom.